The molecule has 3 rings (SSSR count). The van der Waals surface area contributed by atoms with Gasteiger partial charge in [0.15, 0.2) is 0 Å². The molecule has 0 amide bonds. The van der Waals surface area contributed by atoms with Crippen LogP contribution in [-0.4, -0.2) is 23.9 Å². The van der Waals surface area contributed by atoms with E-state index in [1.807, 2.05) is 18.2 Å². The summed E-state index contributed by atoms with van der Waals surface area (Å²) in [6.07, 6.45) is -1.06. The monoisotopic (exact) mass is 459 g/mol. The van der Waals surface area contributed by atoms with Gasteiger partial charge in [0.1, 0.15) is 0 Å². The van der Waals surface area contributed by atoms with Crippen LogP contribution in [0.2, 0.25) is 0 Å². The number of ether oxygens (including phenoxy) is 1. The number of fused-ring (bicyclic) bond motifs is 1. The molecule has 1 aliphatic rings. The molecule has 0 spiro atoms. The van der Waals surface area contributed by atoms with E-state index in [9.17, 15) is 13.2 Å². The highest BCUT2D eigenvalue weighted by Gasteiger charge is 2.32. The van der Waals surface area contributed by atoms with Crippen molar-refractivity contribution < 1.29 is 17.9 Å². The van der Waals surface area contributed by atoms with Crippen LogP contribution >= 0.6 is 15.9 Å². The maximum Gasteiger partial charge on any atom is 0.394 e. The van der Waals surface area contributed by atoms with Gasteiger partial charge in [-0.2, -0.15) is 13.2 Å². The third kappa shape index (κ3) is 5.32. The van der Waals surface area contributed by atoms with E-state index in [1.54, 1.807) is 0 Å². The summed E-state index contributed by atoms with van der Waals surface area (Å²) in [5, 5.41) is 0.842. The fourth-order valence-electron chi connectivity index (χ4n) is 4.53. The average molecular weight is 460 g/mol. The highest BCUT2D eigenvalue weighted by molar-refractivity contribution is 9.10. The second kappa shape index (κ2) is 8.78. The molecule has 2 aromatic rings. The number of aromatic amines is 1. The van der Waals surface area contributed by atoms with Crippen molar-refractivity contribution in [2.75, 3.05) is 6.61 Å². The van der Waals surface area contributed by atoms with Crippen molar-refractivity contribution in [1.29, 1.82) is 0 Å². The molecule has 1 N–H and O–H groups in total. The first kappa shape index (κ1) is 21.7. The molecule has 0 radical (unpaired) electrons. The standard InChI is InChI=1S/C22H29BrF3NO/c1-13(2)16-6-4-14(3)10-21(16)28-9-8-17-18-11-15(23)5-7-19(18)27-20(17)12-22(24,25)26/h5,7,11,13-14,16,21,27H,4,6,8-10,12H2,1-3H3/t14-,16+,21-/m1/s1. The minimum atomic E-state index is -4.24. The smallest absolute Gasteiger partial charge is 0.378 e. The minimum absolute atomic E-state index is 0.201. The van der Waals surface area contributed by atoms with Crippen molar-refractivity contribution in [3.63, 3.8) is 0 Å². The summed E-state index contributed by atoms with van der Waals surface area (Å²) in [7, 11) is 0. The molecule has 0 unspecified atom stereocenters. The van der Waals surface area contributed by atoms with Gasteiger partial charge < -0.3 is 9.72 Å². The molecule has 1 aromatic heterocycles. The van der Waals surface area contributed by atoms with Gasteiger partial charge in [0.05, 0.1) is 19.1 Å². The predicted octanol–water partition coefficient (Wildman–Crippen LogP) is 7.06. The molecule has 0 saturated heterocycles. The fourth-order valence-corrected chi connectivity index (χ4v) is 4.89. The number of aromatic nitrogens is 1. The summed E-state index contributed by atoms with van der Waals surface area (Å²) in [4.78, 5) is 2.97. The second-order valence-corrected chi connectivity index (χ2v) is 9.46. The number of hydrogen-bond acceptors (Lipinski definition) is 1. The molecule has 1 aromatic carbocycles. The van der Waals surface area contributed by atoms with Crippen LogP contribution in [-0.2, 0) is 17.6 Å². The van der Waals surface area contributed by atoms with Gasteiger partial charge in [0, 0.05) is 21.1 Å². The highest BCUT2D eigenvalue weighted by atomic mass is 79.9. The Bertz CT molecular complexity index is 799. The summed E-state index contributed by atoms with van der Waals surface area (Å²) in [5.74, 6) is 1.73. The van der Waals surface area contributed by atoms with Crippen LogP contribution in [0.1, 0.15) is 51.3 Å². The average Bonchev–Trinajstić information content (AvgIpc) is 2.89. The van der Waals surface area contributed by atoms with Crippen LogP contribution in [0.4, 0.5) is 13.2 Å². The minimum Gasteiger partial charge on any atom is -0.378 e. The number of alkyl halides is 3. The van der Waals surface area contributed by atoms with Crippen molar-refractivity contribution >= 4 is 26.8 Å². The van der Waals surface area contributed by atoms with Gasteiger partial charge >= 0.3 is 6.18 Å². The Hall–Kier alpha value is -1.01. The first-order chi connectivity index (χ1) is 13.1. The van der Waals surface area contributed by atoms with Crippen LogP contribution in [0, 0.1) is 17.8 Å². The Kier molecular flexibility index (Phi) is 6.80. The van der Waals surface area contributed by atoms with E-state index in [-0.39, 0.29) is 11.8 Å². The largest absolute Gasteiger partial charge is 0.394 e. The first-order valence-electron chi connectivity index (χ1n) is 10.1. The molecule has 2 nitrogen and oxygen atoms in total. The second-order valence-electron chi connectivity index (χ2n) is 8.55. The Morgan fingerprint density at radius 2 is 2.00 bits per heavy atom. The van der Waals surface area contributed by atoms with Gasteiger partial charge in [-0.05, 0) is 60.8 Å². The van der Waals surface area contributed by atoms with E-state index in [0.29, 0.717) is 30.8 Å². The van der Waals surface area contributed by atoms with E-state index in [0.717, 1.165) is 27.4 Å². The molecule has 0 aliphatic heterocycles. The third-order valence-corrected chi connectivity index (χ3v) is 6.47. The van der Waals surface area contributed by atoms with Crippen LogP contribution in [0.5, 0.6) is 0 Å². The zero-order valence-electron chi connectivity index (χ0n) is 16.7. The van der Waals surface area contributed by atoms with Crippen LogP contribution < -0.4 is 0 Å². The van der Waals surface area contributed by atoms with Crippen LogP contribution in [0.25, 0.3) is 10.9 Å². The zero-order chi connectivity index (χ0) is 20.5. The molecule has 1 saturated carbocycles. The maximum absolute atomic E-state index is 13.1. The molecule has 6 heteroatoms. The van der Waals surface area contributed by atoms with Gasteiger partial charge in [-0.25, -0.2) is 0 Å². The summed E-state index contributed by atoms with van der Waals surface area (Å²) in [5.41, 5.74) is 1.71. The molecule has 1 aliphatic carbocycles. The molecular weight excluding hydrogens is 431 g/mol. The van der Waals surface area contributed by atoms with Gasteiger partial charge in [0.25, 0.3) is 0 Å². The van der Waals surface area contributed by atoms with Gasteiger partial charge in [-0.3, -0.25) is 0 Å². The summed E-state index contributed by atoms with van der Waals surface area (Å²) < 4.78 is 46.3. The van der Waals surface area contributed by atoms with Crippen molar-refractivity contribution in [1.82, 2.24) is 4.98 Å². The van der Waals surface area contributed by atoms with Crippen LogP contribution in [0.15, 0.2) is 22.7 Å². The fraction of sp³-hybridized carbons (Fsp3) is 0.636. The highest BCUT2D eigenvalue weighted by Crippen LogP contribution is 2.36. The predicted molar refractivity (Wildman–Crippen MR) is 111 cm³/mol. The molecule has 0 bridgehead atoms. The SMILES string of the molecule is CC(C)[C@@H]1CC[C@@H](C)C[C@H]1OCCc1c(CC(F)(F)F)[nH]c2ccc(Br)cc12. The topological polar surface area (TPSA) is 25.0 Å². The van der Waals surface area contributed by atoms with E-state index in [4.69, 9.17) is 4.74 Å². The van der Waals surface area contributed by atoms with E-state index in [1.165, 1.54) is 12.8 Å². The Morgan fingerprint density at radius 3 is 2.68 bits per heavy atom. The summed E-state index contributed by atoms with van der Waals surface area (Å²) in [6.45, 7) is 7.17. The lowest BCUT2D eigenvalue weighted by Crippen LogP contribution is -2.34. The number of H-pyrrole nitrogens is 1. The Morgan fingerprint density at radius 1 is 1.25 bits per heavy atom. The van der Waals surface area contributed by atoms with Crippen molar-refractivity contribution in [2.24, 2.45) is 17.8 Å². The third-order valence-electron chi connectivity index (χ3n) is 5.98. The quantitative estimate of drug-likeness (QED) is 0.491. The van der Waals surface area contributed by atoms with Gasteiger partial charge in [-0.1, -0.05) is 43.1 Å². The molecule has 1 heterocycles. The van der Waals surface area contributed by atoms with Gasteiger partial charge in [-0.15, -0.1) is 0 Å². The molecular formula is C22H29BrF3NO. The van der Waals surface area contributed by atoms with E-state index >= 15 is 0 Å². The van der Waals surface area contributed by atoms with Crippen molar-refractivity contribution in [3.05, 3.63) is 33.9 Å². The Balaban J connectivity index is 1.77. The molecule has 1 fully saturated rings. The summed E-state index contributed by atoms with van der Waals surface area (Å²) >= 11 is 3.43. The number of nitrogens with one attached hydrogen (secondary N) is 1. The molecule has 3 atom stereocenters. The number of halogens is 4. The zero-order valence-corrected chi connectivity index (χ0v) is 18.3. The van der Waals surface area contributed by atoms with Gasteiger partial charge in [0.2, 0.25) is 0 Å². The lowest BCUT2D eigenvalue weighted by molar-refractivity contribution is -0.127. The first-order valence-corrected chi connectivity index (χ1v) is 10.9. The number of hydrogen-bond donors (Lipinski definition) is 1. The van der Waals surface area contributed by atoms with Crippen molar-refractivity contribution in [3.8, 4) is 0 Å². The Labute approximate surface area is 173 Å². The lowest BCUT2D eigenvalue weighted by Gasteiger charge is -2.37. The number of benzene rings is 1. The van der Waals surface area contributed by atoms with Crippen molar-refractivity contribution in [2.45, 2.75) is 65.2 Å². The summed E-state index contributed by atoms with van der Waals surface area (Å²) in [6, 6.07) is 5.55. The number of rotatable bonds is 6. The molecule has 156 valence electrons. The maximum atomic E-state index is 13.1. The van der Waals surface area contributed by atoms with Crippen LogP contribution in [0.3, 0.4) is 0 Å². The van der Waals surface area contributed by atoms with E-state index < -0.39 is 12.6 Å². The molecule has 28 heavy (non-hydrogen) atoms. The van der Waals surface area contributed by atoms with E-state index in [2.05, 4.69) is 41.7 Å². The lowest BCUT2D eigenvalue weighted by atomic mass is 9.75. The normalized spacial score (nSPS) is 23.6.